The number of ether oxygens (including phenoxy) is 1. The molecule has 0 spiro atoms. The summed E-state index contributed by atoms with van der Waals surface area (Å²) in [5.41, 5.74) is 6.59. The van der Waals surface area contributed by atoms with Crippen LogP contribution in [0, 0.1) is 0 Å². The van der Waals surface area contributed by atoms with E-state index in [2.05, 4.69) is 25.6 Å². The van der Waals surface area contributed by atoms with Crippen LogP contribution in [-0.2, 0) is 16.1 Å². The van der Waals surface area contributed by atoms with Gasteiger partial charge in [0, 0.05) is 18.0 Å². The van der Waals surface area contributed by atoms with Gasteiger partial charge in [-0.05, 0) is 34.4 Å². The number of benzene rings is 1. The number of esters is 1. The number of rotatable bonds is 8. The molecule has 2 rings (SSSR count). The highest BCUT2D eigenvalue weighted by Crippen LogP contribution is 2.23. The molecule has 0 saturated carbocycles. The molecule has 8 nitrogen and oxygen atoms in total. The number of carbonyl (C=O) groups excluding carboxylic acids is 1. The number of hydrogen-bond acceptors (Lipinski definition) is 8. The van der Waals surface area contributed by atoms with E-state index in [9.17, 15) is 4.79 Å². The Morgan fingerprint density at radius 2 is 2.17 bits per heavy atom. The van der Waals surface area contributed by atoms with Gasteiger partial charge in [0.2, 0.25) is 0 Å². The molecule has 2 aromatic rings. The monoisotopic (exact) mass is 336 g/mol. The summed E-state index contributed by atoms with van der Waals surface area (Å²) in [6, 6.07) is 7.83. The van der Waals surface area contributed by atoms with E-state index in [-0.39, 0.29) is 12.6 Å². The first kappa shape index (κ1) is 17.4. The summed E-state index contributed by atoms with van der Waals surface area (Å²) in [6.07, 6.45) is 2.02. The molecule has 1 aromatic heterocycles. The first-order valence-corrected chi connectivity index (χ1v) is 8.32. The zero-order valence-corrected chi connectivity index (χ0v) is 13.9. The number of nitrogens with one attached hydrogen (secondary N) is 1. The second kappa shape index (κ2) is 8.61. The van der Waals surface area contributed by atoms with Crippen molar-refractivity contribution < 1.29 is 9.53 Å². The third kappa shape index (κ3) is 4.50. The van der Waals surface area contributed by atoms with Crippen molar-refractivity contribution in [3.05, 3.63) is 35.7 Å². The van der Waals surface area contributed by atoms with E-state index in [1.807, 2.05) is 30.5 Å². The van der Waals surface area contributed by atoms with Crippen LogP contribution in [0.15, 0.2) is 29.2 Å². The standard InChI is InChI=1S/C14H20N6O2S/c1-22-12(21)9-20-14(17-18-19-20)13(16-8-7-15)10-3-5-11(23-2)6-4-10/h3-6,13,16H,7-9,15H2,1-2H3. The van der Waals surface area contributed by atoms with Crippen molar-refractivity contribution in [2.24, 2.45) is 5.73 Å². The highest BCUT2D eigenvalue weighted by Gasteiger charge is 2.22. The van der Waals surface area contributed by atoms with E-state index in [0.29, 0.717) is 18.9 Å². The molecule has 9 heteroatoms. The van der Waals surface area contributed by atoms with Crippen LogP contribution in [0.25, 0.3) is 0 Å². The van der Waals surface area contributed by atoms with Crippen molar-refractivity contribution in [3.63, 3.8) is 0 Å². The Balaban J connectivity index is 2.30. The molecule has 1 unspecified atom stereocenters. The molecule has 3 N–H and O–H groups in total. The van der Waals surface area contributed by atoms with Gasteiger partial charge in [-0.1, -0.05) is 12.1 Å². The summed E-state index contributed by atoms with van der Waals surface area (Å²) in [5.74, 6) is 0.134. The number of nitrogens with zero attached hydrogens (tertiary/aromatic N) is 4. The fourth-order valence-corrected chi connectivity index (χ4v) is 2.51. The molecule has 0 aliphatic carbocycles. The minimum Gasteiger partial charge on any atom is -0.468 e. The van der Waals surface area contributed by atoms with Crippen molar-refractivity contribution in [1.82, 2.24) is 25.5 Å². The SMILES string of the molecule is COC(=O)Cn1nnnc1C(NCCN)c1ccc(SC)cc1. The van der Waals surface area contributed by atoms with Crippen LogP contribution in [0.1, 0.15) is 17.4 Å². The Morgan fingerprint density at radius 1 is 1.43 bits per heavy atom. The topological polar surface area (TPSA) is 108 Å². The molecule has 1 aromatic carbocycles. The minimum absolute atomic E-state index is 0.0392. The van der Waals surface area contributed by atoms with Gasteiger partial charge >= 0.3 is 5.97 Å². The fourth-order valence-electron chi connectivity index (χ4n) is 2.10. The number of carbonyl (C=O) groups is 1. The summed E-state index contributed by atoms with van der Waals surface area (Å²) < 4.78 is 6.11. The molecule has 0 aliphatic rings. The lowest BCUT2D eigenvalue weighted by molar-refractivity contribution is -0.141. The fraction of sp³-hybridized carbons (Fsp3) is 0.429. The first-order chi connectivity index (χ1) is 11.2. The van der Waals surface area contributed by atoms with E-state index < -0.39 is 5.97 Å². The molecule has 0 radical (unpaired) electrons. The maximum Gasteiger partial charge on any atom is 0.327 e. The number of hydrogen-bond donors (Lipinski definition) is 2. The van der Waals surface area contributed by atoms with Gasteiger partial charge in [-0.25, -0.2) is 4.68 Å². The van der Waals surface area contributed by atoms with E-state index in [1.165, 1.54) is 16.7 Å². The maximum absolute atomic E-state index is 11.5. The van der Waals surface area contributed by atoms with Gasteiger partial charge in [0.05, 0.1) is 13.2 Å². The number of tetrazole rings is 1. The van der Waals surface area contributed by atoms with Crippen molar-refractivity contribution in [1.29, 1.82) is 0 Å². The van der Waals surface area contributed by atoms with Crippen LogP contribution in [-0.4, -0.2) is 52.6 Å². The molecule has 0 saturated heterocycles. The van der Waals surface area contributed by atoms with Crippen LogP contribution in [0.4, 0.5) is 0 Å². The minimum atomic E-state index is -0.408. The van der Waals surface area contributed by atoms with Crippen molar-refractivity contribution >= 4 is 17.7 Å². The second-order valence-electron chi connectivity index (χ2n) is 4.72. The third-order valence-corrected chi connectivity index (χ3v) is 4.01. The van der Waals surface area contributed by atoms with E-state index in [4.69, 9.17) is 5.73 Å². The van der Waals surface area contributed by atoms with E-state index in [1.54, 1.807) is 11.8 Å². The molecular weight excluding hydrogens is 316 g/mol. The molecule has 0 amide bonds. The molecular formula is C14H20N6O2S. The van der Waals surface area contributed by atoms with Crippen molar-refractivity contribution in [2.75, 3.05) is 26.5 Å². The molecule has 1 heterocycles. The lowest BCUT2D eigenvalue weighted by Crippen LogP contribution is -2.31. The summed E-state index contributed by atoms with van der Waals surface area (Å²) >= 11 is 1.67. The van der Waals surface area contributed by atoms with Gasteiger partial charge in [0.1, 0.15) is 6.54 Å². The van der Waals surface area contributed by atoms with Gasteiger partial charge in [0.25, 0.3) is 0 Å². The third-order valence-electron chi connectivity index (χ3n) is 3.27. The number of nitrogens with two attached hydrogens (primary N) is 1. The Hall–Kier alpha value is -1.97. The average Bonchev–Trinajstić information content (AvgIpc) is 3.03. The predicted molar refractivity (Wildman–Crippen MR) is 87.0 cm³/mol. The summed E-state index contributed by atoms with van der Waals surface area (Å²) in [5, 5.41) is 14.9. The molecule has 23 heavy (non-hydrogen) atoms. The lowest BCUT2D eigenvalue weighted by Gasteiger charge is -2.18. The first-order valence-electron chi connectivity index (χ1n) is 7.10. The Bertz CT molecular complexity index is 630. The van der Waals surface area contributed by atoms with E-state index in [0.717, 1.165) is 5.56 Å². The maximum atomic E-state index is 11.5. The molecule has 0 bridgehead atoms. The summed E-state index contributed by atoms with van der Waals surface area (Å²) in [6.45, 7) is 1.04. The highest BCUT2D eigenvalue weighted by atomic mass is 32.2. The number of thioether (sulfide) groups is 1. The van der Waals surface area contributed by atoms with Gasteiger partial charge < -0.3 is 15.8 Å². The molecule has 0 aliphatic heterocycles. The van der Waals surface area contributed by atoms with Crippen molar-refractivity contribution in [2.45, 2.75) is 17.5 Å². The van der Waals surface area contributed by atoms with Crippen LogP contribution < -0.4 is 11.1 Å². The van der Waals surface area contributed by atoms with Gasteiger partial charge in [-0.3, -0.25) is 4.79 Å². The average molecular weight is 336 g/mol. The second-order valence-corrected chi connectivity index (χ2v) is 5.60. The summed E-state index contributed by atoms with van der Waals surface area (Å²) in [4.78, 5) is 12.7. The normalized spacial score (nSPS) is 12.1. The quantitative estimate of drug-likeness (QED) is 0.520. The molecule has 1 atom stereocenters. The zero-order chi connectivity index (χ0) is 16.7. The van der Waals surface area contributed by atoms with Gasteiger partial charge in [-0.2, -0.15) is 0 Å². The van der Waals surface area contributed by atoms with Crippen LogP contribution in [0.5, 0.6) is 0 Å². The lowest BCUT2D eigenvalue weighted by atomic mass is 10.1. The molecule has 124 valence electrons. The number of aromatic nitrogens is 4. The predicted octanol–water partition coefficient (Wildman–Crippen LogP) is 0.206. The Morgan fingerprint density at radius 3 is 2.78 bits per heavy atom. The van der Waals surface area contributed by atoms with E-state index >= 15 is 0 Å². The Labute approximate surface area is 138 Å². The largest absolute Gasteiger partial charge is 0.468 e. The van der Waals surface area contributed by atoms with Crippen LogP contribution in [0.3, 0.4) is 0 Å². The van der Waals surface area contributed by atoms with Crippen LogP contribution in [0.2, 0.25) is 0 Å². The zero-order valence-electron chi connectivity index (χ0n) is 13.1. The van der Waals surface area contributed by atoms with Gasteiger partial charge in [-0.15, -0.1) is 16.9 Å². The smallest absolute Gasteiger partial charge is 0.327 e. The van der Waals surface area contributed by atoms with Crippen molar-refractivity contribution in [3.8, 4) is 0 Å². The van der Waals surface area contributed by atoms with Gasteiger partial charge in [0.15, 0.2) is 5.82 Å². The number of methoxy groups -OCH3 is 1. The molecule has 0 fully saturated rings. The highest BCUT2D eigenvalue weighted by molar-refractivity contribution is 7.98. The van der Waals surface area contributed by atoms with Crippen LogP contribution >= 0.6 is 11.8 Å². The summed E-state index contributed by atoms with van der Waals surface area (Å²) in [7, 11) is 1.33. The Kier molecular flexibility index (Phi) is 6.51.